The van der Waals surface area contributed by atoms with E-state index in [1.54, 1.807) is 93.6 Å². The van der Waals surface area contributed by atoms with Crippen LogP contribution < -0.4 is 57.5 Å². The largest absolute Gasteiger partial charge is 0.456 e. The quantitative estimate of drug-likeness (QED) is 0.0203. The Morgan fingerprint density at radius 3 is 1.80 bits per heavy atom. The highest BCUT2D eigenvalue weighted by atomic mass is 32.2. The van der Waals surface area contributed by atoms with E-state index in [-0.39, 0.29) is 68.0 Å². The van der Waals surface area contributed by atoms with Gasteiger partial charge in [-0.25, -0.2) is 29.1 Å². The second kappa shape index (κ2) is 26.3. The van der Waals surface area contributed by atoms with Crippen molar-refractivity contribution in [3.63, 3.8) is 0 Å². The van der Waals surface area contributed by atoms with Crippen molar-refractivity contribution in [1.29, 1.82) is 0 Å². The lowest BCUT2D eigenvalue weighted by atomic mass is 9.77. The highest BCUT2D eigenvalue weighted by molar-refractivity contribution is 7.87. The summed E-state index contributed by atoms with van der Waals surface area (Å²) < 4.78 is 54.7. The van der Waals surface area contributed by atoms with Gasteiger partial charge in [0.1, 0.15) is 42.8 Å². The van der Waals surface area contributed by atoms with Crippen LogP contribution in [0.4, 0.5) is 36.2 Å². The van der Waals surface area contributed by atoms with E-state index in [0.717, 1.165) is 22.3 Å². The minimum absolute atomic E-state index is 0.0245. The molecule has 0 aromatic heterocycles. The van der Waals surface area contributed by atoms with E-state index >= 15 is 0 Å². The van der Waals surface area contributed by atoms with E-state index in [9.17, 15) is 46.8 Å². The smallest absolute Gasteiger partial charge is 0.411 e. The van der Waals surface area contributed by atoms with E-state index in [1.807, 2.05) is 53.3 Å². The van der Waals surface area contributed by atoms with Crippen LogP contribution in [0.5, 0.6) is 11.5 Å². The number of esters is 1. The Hall–Kier alpha value is -10.1. The van der Waals surface area contributed by atoms with Crippen molar-refractivity contribution in [3.05, 3.63) is 172 Å². The molecule has 1 spiro atoms. The Kier molecular flexibility index (Phi) is 18.5. The number of anilines is 3. The predicted molar refractivity (Wildman–Crippen MR) is 313 cm³/mol. The fraction of sp³-hybridized carbons (Fsp3) is 0.267. The Balaban J connectivity index is 0.820. The van der Waals surface area contributed by atoms with Crippen LogP contribution in [0.25, 0.3) is 11.1 Å². The number of ether oxygens (including phenoxy) is 5. The normalized spacial score (nSPS) is 15.3. The molecule has 0 bridgehead atoms. The lowest BCUT2D eigenvalue weighted by molar-refractivity contribution is -0.132. The van der Waals surface area contributed by atoms with Gasteiger partial charge < -0.3 is 56.0 Å². The maximum atomic E-state index is 14.1. The van der Waals surface area contributed by atoms with Crippen molar-refractivity contribution in [2.75, 3.05) is 42.3 Å². The van der Waals surface area contributed by atoms with Gasteiger partial charge in [0, 0.05) is 64.9 Å². The molecule has 1 aliphatic carbocycles. The fourth-order valence-electron chi connectivity index (χ4n) is 10.4. The molecular weight excluding hydrogens is 1130 g/mol. The zero-order valence-electron chi connectivity index (χ0n) is 46.7. The molecule has 1 unspecified atom stereocenters. The maximum Gasteiger partial charge on any atom is 0.411 e. The lowest BCUT2D eigenvalue weighted by Crippen LogP contribution is -2.59. The Bertz CT molecular complexity index is 3690. The number of primary amides is 1. The number of rotatable bonds is 22. The number of hydrogen-bond donors (Lipinski definition) is 10. The molecular formula is C60H62N10O15S. The molecule has 26 heteroatoms. The minimum Gasteiger partial charge on any atom is -0.456 e. The van der Waals surface area contributed by atoms with Crippen molar-refractivity contribution in [2.24, 2.45) is 16.8 Å². The molecule has 3 aliphatic rings. The molecule has 0 saturated carbocycles. The molecule has 2 heterocycles. The maximum absolute atomic E-state index is 14.1. The summed E-state index contributed by atoms with van der Waals surface area (Å²) in [7, 11) is -4.38. The lowest BCUT2D eigenvalue weighted by Gasteiger charge is -2.36. The van der Waals surface area contributed by atoms with Gasteiger partial charge >= 0.3 is 30.3 Å². The van der Waals surface area contributed by atoms with Crippen molar-refractivity contribution < 1.29 is 70.5 Å². The average Bonchev–Trinajstić information content (AvgIpc) is 1.45. The number of hydrogen-bond acceptors (Lipinski definition) is 15. The van der Waals surface area contributed by atoms with Crippen LogP contribution in [0.15, 0.2) is 133 Å². The number of benzene rings is 6. The van der Waals surface area contributed by atoms with Crippen LogP contribution in [0.1, 0.15) is 83.3 Å². The summed E-state index contributed by atoms with van der Waals surface area (Å²) >= 11 is 0. The zero-order chi connectivity index (χ0) is 61.3. The van der Waals surface area contributed by atoms with Gasteiger partial charge in [-0.3, -0.25) is 25.0 Å². The molecule has 6 aromatic carbocycles. The third kappa shape index (κ3) is 14.0. The number of urea groups is 1. The number of fused-ring (bicyclic) bond motifs is 9. The van der Waals surface area contributed by atoms with Crippen LogP contribution in [0.3, 0.4) is 0 Å². The highest BCUT2D eigenvalue weighted by Crippen LogP contribution is 2.57. The molecule has 448 valence electrons. The molecule has 9 rings (SSSR count). The number of alkyl carbamates (subject to hydrolysis) is 1. The summed E-state index contributed by atoms with van der Waals surface area (Å²) in [6, 6.07) is 33.2. The molecule has 25 nitrogen and oxygen atoms in total. The summed E-state index contributed by atoms with van der Waals surface area (Å²) in [6.45, 7) is 4.03. The van der Waals surface area contributed by atoms with E-state index in [0.29, 0.717) is 33.5 Å². The zero-order valence-corrected chi connectivity index (χ0v) is 47.5. The molecule has 8 amide bonds. The summed E-state index contributed by atoms with van der Waals surface area (Å²) in [5.74, 6) is -3.50. The second-order valence-electron chi connectivity index (χ2n) is 20.5. The molecule has 0 fully saturated rings. The SMILES string of the molecule is CCOC(=O)Nc1ccc2c(c1)Oc1cc(NC(=O)OCc3ccc(NC(=O)[C@H](CCCNC(N)=O)NC(=O)[C@@H](NC(=O)[C@H](CNS(N)(=O)=O)NC(=O)OCC4c5ccccc5-c5ccccc54)C(C)C)cc3)ccc1C21OC(=O)c2ccccc21. The van der Waals surface area contributed by atoms with Gasteiger partial charge in [0.15, 0.2) is 5.60 Å². The van der Waals surface area contributed by atoms with Gasteiger partial charge in [-0.05, 0) is 96.0 Å². The summed E-state index contributed by atoms with van der Waals surface area (Å²) in [6.07, 6.45) is -2.43. The Morgan fingerprint density at radius 1 is 0.628 bits per heavy atom. The summed E-state index contributed by atoms with van der Waals surface area (Å²) in [5, 5.41) is 23.3. The van der Waals surface area contributed by atoms with Crippen LogP contribution in [-0.4, -0.2) is 101 Å². The van der Waals surface area contributed by atoms with Gasteiger partial charge in [0.2, 0.25) is 17.7 Å². The predicted octanol–water partition coefficient (Wildman–Crippen LogP) is 6.28. The van der Waals surface area contributed by atoms with Crippen molar-refractivity contribution >= 4 is 75.3 Å². The highest BCUT2D eigenvalue weighted by Gasteiger charge is 2.53. The van der Waals surface area contributed by atoms with Crippen molar-refractivity contribution in [2.45, 2.75) is 69.9 Å². The number of amides is 8. The van der Waals surface area contributed by atoms with Gasteiger partial charge in [-0.2, -0.15) is 13.1 Å². The first-order chi connectivity index (χ1) is 41.2. The van der Waals surface area contributed by atoms with Crippen molar-refractivity contribution in [3.8, 4) is 22.6 Å². The number of nitrogens with one attached hydrogen (secondary N) is 8. The molecule has 4 atom stereocenters. The minimum atomic E-state index is -4.38. The standard InChI is InChI=1S/C60H62N10O15S/c1-4-81-57(76)66-36-23-25-45-49(28-36)84-50-29-37(24-26-46(50)60(45)44-17-10-9-16-42(44)55(74)85-60)67-58(77)82-31-34-19-21-35(22-20-34)65-52(71)47(18-11-27-63-56(61)75)68-54(73)51(33(2)3)70-53(72)48(30-64-86(62,79)80)69-59(78)83-32-43-40-14-7-5-12-38(40)39-13-6-8-15-41(39)43/h5-10,12-17,19-26,28-29,33,43,47-48,51,64H,4,11,18,27,30-32H2,1-3H3,(H,65,71)(H,66,76)(H,67,77)(H,68,73)(H,69,78)(H,70,72)(H3,61,63,75)(H2,62,79,80)/t47-,48-,51-,60?/m0/s1. The van der Waals surface area contributed by atoms with Gasteiger partial charge in [-0.15, -0.1) is 0 Å². The summed E-state index contributed by atoms with van der Waals surface area (Å²) in [4.78, 5) is 106. The third-order valence-corrected chi connectivity index (χ3v) is 14.9. The molecule has 12 N–H and O–H groups in total. The van der Waals surface area contributed by atoms with Crippen LogP contribution >= 0.6 is 0 Å². The second-order valence-corrected chi connectivity index (χ2v) is 21.9. The Morgan fingerprint density at radius 2 is 1.21 bits per heavy atom. The summed E-state index contributed by atoms with van der Waals surface area (Å²) in [5.41, 5.74) is 11.0. The van der Waals surface area contributed by atoms with Gasteiger partial charge in [0.05, 0.1) is 12.2 Å². The number of carbonyl (C=O) groups is 8. The van der Waals surface area contributed by atoms with Gasteiger partial charge in [0.25, 0.3) is 10.2 Å². The van der Waals surface area contributed by atoms with Crippen LogP contribution in [0.2, 0.25) is 0 Å². The molecule has 2 aliphatic heterocycles. The molecule has 86 heavy (non-hydrogen) atoms. The first kappa shape index (κ1) is 60.5. The van der Waals surface area contributed by atoms with Gasteiger partial charge in [-0.1, -0.05) is 92.7 Å². The monoisotopic (exact) mass is 1190 g/mol. The van der Waals surface area contributed by atoms with E-state index in [1.165, 1.54) is 12.1 Å². The first-order valence-corrected chi connectivity index (χ1v) is 28.9. The first-order valence-electron chi connectivity index (χ1n) is 27.3. The molecule has 0 radical (unpaired) electrons. The third-order valence-electron chi connectivity index (χ3n) is 14.4. The molecule has 6 aromatic rings. The van der Waals surface area contributed by atoms with E-state index < -0.39 is 94.4 Å². The number of nitrogens with two attached hydrogens (primary N) is 2. The van der Waals surface area contributed by atoms with Crippen LogP contribution in [-0.2, 0) is 55.7 Å². The van der Waals surface area contributed by atoms with Crippen LogP contribution in [0, 0.1) is 5.92 Å². The Labute approximate surface area is 493 Å². The number of carbonyl (C=O) groups excluding carboxylic acids is 8. The fourth-order valence-corrected chi connectivity index (χ4v) is 10.8. The average molecular weight is 1200 g/mol. The van der Waals surface area contributed by atoms with Crippen molar-refractivity contribution in [1.82, 2.24) is 26.0 Å². The van der Waals surface area contributed by atoms with E-state index in [4.69, 9.17) is 34.6 Å². The molecule has 0 saturated heterocycles. The van der Waals surface area contributed by atoms with E-state index in [2.05, 4.69) is 37.2 Å². The topological polar surface area (TPSA) is 365 Å².